The van der Waals surface area contributed by atoms with E-state index in [-0.39, 0.29) is 5.91 Å². The van der Waals surface area contributed by atoms with Gasteiger partial charge in [-0.3, -0.25) is 4.79 Å². The van der Waals surface area contributed by atoms with Crippen molar-refractivity contribution >= 4 is 29.3 Å². The summed E-state index contributed by atoms with van der Waals surface area (Å²) in [6, 6.07) is 3.38. The molecule has 2 rings (SSSR count). The number of rotatable bonds is 5. The van der Waals surface area contributed by atoms with E-state index in [9.17, 15) is 9.59 Å². The summed E-state index contributed by atoms with van der Waals surface area (Å²) in [4.78, 5) is 31.3. The molecule has 108 valence electrons. The average molecular weight is 303 g/mol. The number of hydrogen-bond acceptors (Lipinski definition) is 5. The molecule has 2 aromatic rings. The molecule has 2 N–H and O–H groups in total. The van der Waals surface area contributed by atoms with Gasteiger partial charge in [0.15, 0.2) is 0 Å². The first kappa shape index (κ1) is 14.9. The van der Waals surface area contributed by atoms with Crippen LogP contribution in [0.15, 0.2) is 29.8 Å². The van der Waals surface area contributed by atoms with Crippen molar-refractivity contribution < 1.29 is 14.7 Å². The predicted molar refractivity (Wildman–Crippen MR) is 78.9 cm³/mol. The molecule has 0 unspecified atom stereocenters. The number of carboxylic acids is 1. The van der Waals surface area contributed by atoms with Crippen LogP contribution in [0.2, 0.25) is 0 Å². The van der Waals surface area contributed by atoms with E-state index in [1.807, 2.05) is 0 Å². The van der Waals surface area contributed by atoms with Crippen LogP contribution in [0.3, 0.4) is 0 Å². The number of thiophene rings is 1. The number of nitrogens with zero attached hydrogens (tertiary/aromatic N) is 2. The molecule has 0 saturated heterocycles. The Morgan fingerprint density at radius 1 is 1.48 bits per heavy atom. The average Bonchev–Trinajstić information content (AvgIpc) is 2.91. The van der Waals surface area contributed by atoms with Gasteiger partial charge in [0.2, 0.25) is 0 Å². The van der Waals surface area contributed by atoms with Crippen LogP contribution in [-0.4, -0.2) is 27.0 Å². The maximum atomic E-state index is 12.0. The van der Waals surface area contributed by atoms with Crippen molar-refractivity contribution in [1.82, 2.24) is 15.3 Å². The van der Waals surface area contributed by atoms with Crippen LogP contribution >= 0.6 is 11.3 Å². The standard InChI is InChI=1S/C14H13N3O3S/c1-9-15-5-4-11(17-9)7-16-14(20)10-6-12(21-8-10)2-3-13(18)19/h2-6,8H,7H2,1H3,(H,16,20)(H,18,19). The molecule has 0 spiro atoms. The molecule has 21 heavy (non-hydrogen) atoms. The van der Waals surface area contributed by atoms with Crippen molar-refractivity contribution in [2.24, 2.45) is 0 Å². The Bertz CT molecular complexity index is 694. The first-order valence-corrected chi connectivity index (χ1v) is 6.99. The largest absolute Gasteiger partial charge is 0.478 e. The van der Waals surface area contributed by atoms with E-state index in [0.29, 0.717) is 22.8 Å². The highest BCUT2D eigenvalue weighted by molar-refractivity contribution is 7.11. The van der Waals surface area contributed by atoms with Gasteiger partial charge in [0.1, 0.15) is 5.82 Å². The number of aromatic nitrogens is 2. The maximum absolute atomic E-state index is 12.0. The Labute approximate surface area is 125 Å². The zero-order valence-corrected chi connectivity index (χ0v) is 12.1. The Hall–Kier alpha value is -2.54. The second kappa shape index (κ2) is 6.76. The number of aryl methyl sites for hydroxylation is 1. The third-order valence-electron chi connectivity index (χ3n) is 2.54. The number of carboxylic acid groups (broad SMARTS) is 1. The molecule has 0 atom stereocenters. The number of carbonyl (C=O) groups is 2. The number of nitrogens with one attached hydrogen (secondary N) is 1. The zero-order chi connectivity index (χ0) is 15.2. The Balaban J connectivity index is 1.96. The second-order valence-electron chi connectivity index (χ2n) is 4.19. The maximum Gasteiger partial charge on any atom is 0.328 e. The molecule has 0 saturated carbocycles. The lowest BCUT2D eigenvalue weighted by Gasteiger charge is -2.03. The minimum Gasteiger partial charge on any atom is -0.478 e. The fourth-order valence-corrected chi connectivity index (χ4v) is 2.37. The third kappa shape index (κ3) is 4.50. The van der Waals surface area contributed by atoms with Crippen LogP contribution in [0.1, 0.15) is 26.8 Å². The Morgan fingerprint density at radius 2 is 2.29 bits per heavy atom. The minimum atomic E-state index is -1.02. The minimum absolute atomic E-state index is 0.225. The Kier molecular flexibility index (Phi) is 4.78. The zero-order valence-electron chi connectivity index (χ0n) is 11.2. The van der Waals surface area contributed by atoms with Gasteiger partial charge in [-0.1, -0.05) is 0 Å². The summed E-state index contributed by atoms with van der Waals surface area (Å²) in [6.07, 6.45) is 4.14. The molecule has 7 heteroatoms. The van der Waals surface area contributed by atoms with E-state index >= 15 is 0 Å². The van der Waals surface area contributed by atoms with E-state index in [1.165, 1.54) is 17.4 Å². The predicted octanol–water partition coefficient (Wildman–Crippen LogP) is 1.87. The van der Waals surface area contributed by atoms with E-state index in [0.717, 1.165) is 11.8 Å². The van der Waals surface area contributed by atoms with Gasteiger partial charge < -0.3 is 10.4 Å². The molecule has 0 aliphatic heterocycles. The van der Waals surface area contributed by atoms with Gasteiger partial charge in [0, 0.05) is 22.5 Å². The van der Waals surface area contributed by atoms with Crippen molar-refractivity contribution in [3.63, 3.8) is 0 Å². The topological polar surface area (TPSA) is 92.2 Å². The van der Waals surface area contributed by atoms with Crippen molar-refractivity contribution in [2.45, 2.75) is 13.5 Å². The van der Waals surface area contributed by atoms with Gasteiger partial charge in [0.05, 0.1) is 17.8 Å². The first-order chi connectivity index (χ1) is 10.0. The third-order valence-corrected chi connectivity index (χ3v) is 3.43. The molecular weight excluding hydrogens is 290 g/mol. The summed E-state index contributed by atoms with van der Waals surface area (Å²) in [5.41, 5.74) is 1.23. The van der Waals surface area contributed by atoms with Gasteiger partial charge in [-0.2, -0.15) is 0 Å². The van der Waals surface area contributed by atoms with Crippen LogP contribution < -0.4 is 5.32 Å². The Morgan fingerprint density at radius 3 is 3.00 bits per heavy atom. The quantitative estimate of drug-likeness (QED) is 0.823. The molecule has 0 radical (unpaired) electrons. The van der Waals surface area contributed by atoms with Crippen LogP contribution in [-0.2, 0) is 11.3 Å². The normalized spacial score (nSPS) is 10.7. The van der Waals surface area contributed by atoms with Crippen molar-refractivity contribution in [2.75, 3.05) is 0 Å². The summed E-state index contributed by atoms with van der Waals surface area (Å²) in [5, 5.41) is 13.0. The van der Waals surface area contributed by atoms with Crippen LogP contribution in [0.25, 0.3) is 6.08 Å². The lowest BCUT2D eigenvalue weighted by molar-refractivity contribution is -0.131. The molecule has 1 amide bonds. The van der Waals surface area contributed by atoms with Crippen molar-refractivity contribution in [3.05, 3.63) is 51.7 Å². The second-order valence-corrected chi connectivity index (χ2v) is 5.13. The lowest BCUT2D eigenvalue weighted by atomic mass is 10.2. The highest BCUT2D eigenvalue weighted by Gasteiger charge is 2.08. The number of aliphatic carboxylic acids is 1. The van der Waals surface area contributed by atoms with Gasteiger partial charge in [-0.15, -0.1) is 11.3 Å². The van der Waals surface area contributed by atoms with Gasteiger partial charge in [0.25, 0.3) is 5.91 Å². The highest BCUT2D eigenvalue weighted by atomic mass is 32.1. The molecule has 2 aromatic heterocycles. The molecule has 6 nitrogen and oxygen atoms in total. The molecule has 0 bridgehead atoms. The number of amides is 1. The number of carbonyl (C=O) groups excluding carboxylic acids is 1. The van der Waals surface area contributed by atoms with E-state index in [2.05, 4.69) is 15.3 Å². The van der Waals surface area contributed by atoms with Crippen molar-refractivity contribution in [1.29, 1.82) is 0 Å². The van der Waals surface area contributed by atoms with Crippen LogP contribution in [0.5, 0.6) is 0 Å². The van der Waals surface area contributed by atoms with E-state index in [4.69, 9.17) is 5.11 Å². The van der Waals surface area contributed by atoms with Crippen molar-refractivity contribution in [3.8, 4) is 0 Å². The molecule has 0 aliphatic rings. The smallest absolute Gasteiger partial charge is 0.328 e. The van der Waals surface area contributed by atoms with Gasteiger partial charge >= 0.3 is 5.97 Å². The summed E-state index contributed by atoms with van der Waals surface area (Å²) in [5.74, 6) is -0.593. The van der Waals surface area contributed by atoms with Gasteiger partial charge in [-0.25, -0.2) is 14.8 Å². The molecule has 0 aliphatic carbocycles. The summed E-state index contributed by atoms with van der Waals surface area (Å²) in [7, 11) is 0. The highest BCUT2D eigenvalue weighted by Crippen LogP contribution is 2.16. The van der Waals surface area contributed by atoms with Crippen LogP contribution in [0, 0.1) is 6.92 Å². The lowest BCUT2D eigenvalue weighted by Crippen LogP contribution is -2.22. The summed E-state index contributed by atoms with van der Waals surface area (Å²) >= 11 is 1.31. The first-order valence-electron chi connectivity index (χ1n) is 6.11. The summed E-state index contributed by atoms with van der Waals surface area (Å²) in [6.45, 7) is 2.10. The molecular formula is C14H13N3O3S. The summed E-state index contributed by atoms with van der Waals surface area (Å²) < 4.78 is 0. The molecule has 0 aromatic carbocycles. The van der Waals surface area contributed by atoms with E-state index < -0.39 is 5.97 Å². The SMILES string of the molecule is Cc1nccc(CNC(=O)c2csc(C=CC(=O)O)c2)n1. The fourth-order valence-electron chi connectivity index (χ4n) is 1.59. The molecule has 0 fully saturated rings. The van der Waals surface area contributed by atoms with Crippen LogP contribution in [0.4, 0.5) is 0 Å². The van der Waals surface area contributed by atoms with E-state index in [1.54, 1.807) is 30.6 Å². The monoisotopic (exact) mass is 303 g/mol. The molecule has 2 heterocycles. The fraction of sp³-hybridized carbons (Fsp3) is 0.143. The number of hydrogen-bond donors (Lipinski definition) is 2. The van der Waals surface area contributed by atoms with Gasteiger partial charge in [-0.05, 0) is 25.1 Å².